The van der Waals surface area contributed by atoms with E-state index in [4.69, 9.17) is 4.74 Å². The Morgan fingerprint density at radius 1 is 0.909 bits per heavy atom. The van der Waals surface area contributed by atoms with Gasteiger partial charge in [0, 0.05) is 16.5 Å². The molecule has 4 aromatic rings. The van der Waals surface area contributed by atoms with Crippen LogP contribution in [0.4, 0.5) is 5.69 Å². The third-order valence-electron chi connectivity index (χ3n) is 5.50. The van der Waals surface area contributed by atoms with E-state index < -0.39 is 0 Å². The van der Waals surface area contributed by atoms with Gasteiger partial charge in [0.2, 0.25) is 0 Å². The molecule has 0 unspecified atom stereocenters. The van der Waals surface area contributed by atoms with Gasteiger partial charge in [-0.05, 0) is 35.2 Å². The molecule has 0 aliphatic carbocycles. The molecule has 6 nitrogen and oxygen atoms in total. The van der Waals surface area contributed by atoms with Crippen molar-refractivity contribution in [2.75, 3.05) is 11.4 Å². The minimum absolute atomic E-state index is 0.115. The van der Waals surface area contributed by atoms with Crippen LogP contribution < -0.4 is 15.1 Å². The van der Waals surface area contributed by atoms with Crippen molar-refractivity contribution >= 4 is 34.5 Å². The van der Waals surface area contributed by atoms with Crippen molar-refractivity contribution in [3.8, 4) is 5.75 Å². The van der Waals surface area contributed by atoms with Gasteiger partial charge in [0.05, 0.1) is 11.9 Å². The maximum Gasteiger partial charge on any atom is 0.260 e. The number of nitrogens with zero attached hydrogens (tertiary/aromatic N) is 2. The molecule has 1 N–H and O–H groups in total. The van der Waals surface area contributed by atoms with Crippen molar-refractivity contribution in [3.63, 3.8) is 0 Å². The number of carbonyl (C=O) groups excluding carboxylic acids is 2. The van der Waals surface area contributed by atoms with Crippen molar-refractivity contribution < 1.29 is 14.3 Å². The summed E-state index contributed by atoms with van der Waals surface area (Å²) in [6.45, 7) is 0.317. The predicted molar refractivity (Wildman–Crippen MR) is 129 cm³/mol. The van der Waals surface area contributed by atoms with Gasteiger partial charge in [-0.3, -0.25) is 14.5 Å². The van der Waals surface area contributed by atoms with Crippen LogP contribution in [0.3, 0.4) is 0 Å². The van der Waals surface area contributed by atoms with E-state index in [0.29, 0.717) is 17.9 Å². The first-order chi connectivity index (χ1) is 16.2. The standard InChI is InChI=1S/C27H21N3O3/c31-25(17-30-23-14-7-12-20-11-6-13-22(26(20)23)27(30)32)29-28-16-21-10-4-5-15-24(21)33-18-19-8-2-1-3-9-19/h1-16H,17-18H2,(H,29,31)/b28-16+. The number of nitrogens with one attached hydrogen (secondary N) is 1. The number of hydrazone groups is 1. The zero-order valence-corrected chi connectivity index (χ0v) is 17.8. The number of ether oxygens (including phenoxy) is 1. The lowest BCUT2D eigenvalue weighted by Crippen LogP contribution is -2.37. The summed E-state index contributed by atoms with van der Waals surface area (Å²) in [5.74, 6) is 0.101. The van der Waals surface area contributed by atoms with Gasteiger partial charge in [0.15, 0.2) is 0 Å². The van der Waals surface area contributed by atoms with Crippen LogP contribution in [-0.2, 0) is 11.4 Å². The normalized spacial score (nSPS) is 12.5. The van der Waals surface area contributed by atoms with Crippen LogP contribution >= 0.6 is 0 Å². The fraction of sp³-hybridized carbons (Fsp3) is 0.0741. The second kappa shape index (κ2) is 8.96. The summed E-state index contributed by atoms with van der Waals surface area (Å²) in [5, 5.41) is 5.94. The monoisotopic (exact) mass is 435 g/mol. The summed E-state index contributed by atoms with van der Waals surface area (Å²) >= 11 is 0. The van der Waals surface area contributed by atoms with Gasteiger partial charge in [-0.1, -0.05) is 66.7 Å². The van der Waals surface area contributed by atoms with Gasteiger partial charge in [-0.25, -0.2) is 5.43 Å². The number of amides is 2. The first-order valence-electron chi connectivity index (χ1n) is 10.6. The molecule has 0 spiro atoms. The Kier molecular flexibility index (Phi) is 5.55. The average Bonchev–Trinajstić information content (AvgIpc) is 3.12. The predicted octanol–water partition coefficient (Wildman–Crippen LogP) is 4.53. The SMILES string of the molecule is O=C(CN1C(=O)c2cccc3cccc1c23)N/N=C/c1ccccc1OCc1ccccc1. The highest BCUT2D eigenvalue weighted by atomic mass is 16.5. The molecule has 2 amide bonds. The molecular weight excluding hydrogens is 414 g/mol. The van der Waals surface area contributed by atoms with E-state index in [1.54, 1.807) is 12.3 Å². The van der Waals surface area contributed by atoms with E-state index in [-0.39, 0.29) is 18.4 Å². The molecule has 0 atom stereocenters. The van der Waals surface area contributed by atoms with Crippen LogP contribution in [0.1, 0.15) is 21.5 Å². The van der Waals surface area contributed by atoms with E-state index in [0.717, 1.165) is 27.6 Å². The van der Waals surface area contributed by atoms with E-state index >= 15 is 0 Å². The van der Waals surface area contributed by atoms with Gasteiger partial charge >= 0.3 is 0 Å². The first kappa shape index (κ1) is 20.5. The van der Waals surface area contributed by atoms with Crippen LogP contribution in [0, 0.1) is 0 Å². The zero-order chi connectivity index (χ0) is 22.6. The van der Waals surface area contributed by atoms with Crippen molar-refractivity contribution in [1.82, 2.24) is 5.43 Å². The number of para-hydroxylation sites is 1. The van der Waals surface area contributed by atoms with E-state index in [1.165, 1.54) is 4.90 Å². The largest absolute Gasteiger partial charge is 0.488 e. The summed E-state index contributed by atoms with van der Waals surface area (Å²) in [7, 11) is 0. The van der Waals surface area contributed by atoms with Crippen LogP contribution in [0.2, 0.25) is 0 Å². The fourth-order valence-corrected chi connectivity index (χ4v) is 3.94. The first-order valence-corrected chi connectivity index (χ1v) is 10.6. The van der Waals surface area contributed by atoms with Crippen LogP contribution in [0.15, 0.2) is 96.1 Å². The highest BCUT2D eigenvalue weighted by Crippen LogP contribution is 2.36. The summed E-state index contributed by atoms with van der Waals surface area (Å²) in [6, 6.07) is 28.6. The minimum atomic E-state index is -0.382. The van der Waals surface area contributed by atoms with Crippen LogP contribution in [0.25, 0.3) is 10.8 Å². The molecule has 1 heterocycles. The molecular formula is C27H21N3O3. The maximum absolute atomic E-state index is 12.8. The average molecular weight is 435 g/mol. The Morgan fingerprint density at radius 2 is 1.67 bits per heavy atom. The molecule has 0 bridgehead atoms. The number of benzene rings is 4. The minimum Gasteiger partial charge on any atom is -0.488 e. The number of carbonyl (C=O) groups is 2. The Morgan fingerprint density at radius 3 is 2.52 bits per heavy atom. The van der Waals surface area contributed by atoms with Crippen molar-refractivity contribution in [1.29, 1.82) is 0 Å². The van der Waals surface area contributed by atoms with Gasteiger partial charge in [0.1, 0.15) is 18.9 Å². The number of hydrogen-bond acceptors (Lipinski definition) is 4. The van der Waals surface area contributed by atoms with Crippen LogP contribution in [-0.4, -0.2) is 24.6 Å². The van der Waals surface area contributed by atoms with Gasteiger partial charge in [0.25, 0.3) is 11.8 Å². The molecule has 162 valence electrons. The smallest absolute Gasteiger partial charge is 0.260 e. The quantitative estimate of drug-likeness (QED) is 0.343. The summed E-state index contributed by atoms with van der Waals surface area (Å²) in [6.07, 6.45) is 1.54. The van der Waals surface area contributed by atoms with E-state index in [1.807, 2.05) is 84.9 Å². The molecule has 0 fully saturated rings. The molecule has 0 radical (unpaired) electrons. The zero-order valence-electron chi connectivity index (χ0n) is 17.8. The Hall–Kier alpha value is -4.45. The Balaban J connectivity index is 1.24. The third-order valence-corrected chi connectivity index (χ3v) is 5.50. The third kappa shape index (κ3) is 4.19. The van der Waals surface area contributed by atoms with Crippen molar-refractivity contribution in [2.45, 2.75) is 6.61 Å². The fourth-order valence-electron chi connectivity index (χ4n) is 3.94. The van der Waals surface area contributed by atoms with Gasteiger partial charge < -0.3 is 4.74 Å². The summed E-state index contributed by atoms with van der Waals surface area (Å²) in [5.41, 5.74) is 5.67. The molecule has 5 rings (SSSR count). The number of rotatable bonds is 7. The number of hydrogen-bond donors (Lipinski definition) is 1. The topological polar surface area (TPSA) is 71.0 Å². The molecule has 0 aromatic heterocycles. The molecule has 33 heavy (non-hydrogen) atoms. The second-order valence-electron chi connectivity index (χ2n) is 7.68. The van der Waals surface area contributed by atoms with E-state index in [9.17, 15) is 9.59 Å². The second-order valence-corrected chi connectivity index (χ2v) is 7.68. The van der Waals surface area contributed by atoms with Crippen molar-refractivity contribution in [3.05, 3.63) is 108 Å². The van der Waals surface area contributed by atoms with Gasteiger partial charge in [-0.2, -0.15) is 5.10 Å². The maximum atomic E-state index is 12.8. The molecule has 1 aliphatic rings. The van der Waals surface area contributed by atoms with Crippen LogP contribution in [0.5, 0.6) is 5.75 Å². The number of anilines is 1. The van der Waals surface area contributed by atoms with Crippen molar-refractivity contribution in [2.24, 2.45) is 5.10 Å². The molecule has 1 aliphatic heterocycles. The lowest BCUT2D eigenvalue weighted by molar-refractivity contribution is -0.119. The highest BCUT2D eigenvalue weighted by Gasteiger charge is 2.30. The van der Waals surface area contributed by atoms with Gasteiger partial charge in [-0.15, -0.1) is 0 Å². The molecule has 4 aromatic carbocycles. The lowest BCUT2D eigenvalue weighted by atomic mass is 10.1. The highest BCUT2D eigenvalue weighted by molar-refractivity contribution is 6.26. The summed E-state index contributed by atoms with van der Waals surface area (Å²) in [4.78, 5) is 26.9. The molecule has 0 saturated heterocycles. The molecule has 0 saturated carbocycles. The lowest BCUT2D eigenvalue weighted by Gasteiger charge is -2.16. The Labute approximate surface area is 191 Å². The summed E-state index contributed by atoms with van der Waals surface area (Å²) < 4.78 is 5.91. The molecule has 6 heteroatoms. The Bertz CT molecular complexity index is 1360. The van der Waals surface area contributed by atoms with E-state index in [2.05, 4.69) is 10.5 Å².